The highest BCUT2D eigenvalue weighted by atomic mass is 16.5. The Morgan fingerprint density at radius 3 is 2.45 bits per heavy atom. The molecule has 168 valence electrons. The molecule has 2 saturated heterocycles. The fourth-order valence-corrected chi connectivity index (χ4v) is 5.07. The lowest BCUT2D eigenvalue weighted by Gasteiger charge is -2.37. The number of benzene rings is 1. The molecular formula is C24H34N3O4+. The van der Waals surface area contributed by atoms with E-state index in [1.165, 1.54) is 11.3 Å². The van der Waals surface area contributed by atoms with Crippen LogP contribution in [0.4, 0.5) is 0 Å². The number of hydrogen-bond donors (Lipinski definition) is 1. The average molecular weight is 429 g/mol. The number of amides is 2. The van der Waals surface area contributed by atoms with Crippen LogP contribution in [0.15, 0.2) is 22.6 Å². The predicted molar refractivity (Wildman–Crippen MR) is 118 cm³/mol. The minimum absolute atomic E-state index is 0.0725. The van der Waals surface area contributed by atoms with Crippen molar-refractivity contribution < 1.29 is 23.6 Å². The fourth-order valence-electron chi connectivity index (χ4n) is 5.07. The van der Waals surface area contributed by atoms with Gasteiger partial charge in [0.05, 0.1) is 33.3 Å². The molecule has 0 bridgehead atoms. The summed E-state index contributed by atoms with van der Waals surface area (Å²) < 4.78 is 11.2. The maximum atomic E-state index is 13.1. The Bertz CT molecular complexity index is 951. The van der Waals surface area contributed by atoms with Gasteiger partial charge in [0.25, 0.3) is 11.8 Å². The third kappa shape index (κ3) is 4.56. The number of piperidine rings is 1. The molecule has 3 heterocycles. The van der Waals surface area contributed by atoms with Gasteiger partial charge < -0.3 is 23.9 Å². The lowest BCUT2D eigenvalue weighted by atomic mass is 9.92. The fraction of sp³-hybridized carbons (Fsp3) is 0.583. The van der Waals surface area contributed by atoms with E-state index in [-0.39, 0.29) is 11.8 Å². The lowest BCUT2D eigenvalue weighted by molar-refractivity contribution is -0.896. The van der Waals surface area contributed by atoms with E-state index in [0.29, 0.717) is 42.8 Å². The van der Waals surface area contributed by atoms with Gasteiger partial charge in [0, 0.05) is 24.0 Å². The van der Waals surface area contributed by atoms with Gasteiger partial charge >= 0.3 is 0 Å². The zero-order valence-electron chi connectivity index (χ0n) is 19.1. The molecule has 2 atom stereocenters. The largest absolute Gasteiger partial charge is 0.497 e. The van der Waals surface area contributed by atoms with Crippen molar-refractivity contribution in [1.82, 2.24) is 9.80 Å². The third-order valence-corrected chi connectivity index (χ3v) is 6.72. The van der Waals surface area contributed by atoms with Gasteiger partial charge in [-0.3, -0.25) is 9.59 Å². The second-order valence-corrected chi connectivity index (χ2v) is 9.38. The lowest BCUT2D eigenvalue weighted by Crippen LogP contribution is -3.15. The maximum absolute atomic E-state index is 13.1. The molecule has 2 amide bonds. The number of ether oxygens (including phenoxy) is 1. The highest BCUT2D eigenvalue weighted by molar-refractivity contribution is 5.99. The molecule has 0 radical (unpaired) electrons. The number of furan rings is 1. The highest BCUT2D eigenvalue weighted by Crippen LogP contribution is 2.29. The Labute approximate surface area is 183 Å². The number of nitrogens with one attached hydrogen (secondary N) is 1. The monoisotopic (exact) mass is 428 g/mol. The van der Waals surface area contributed by atoms with Gasteiger partial charge in [-0.15, -0.1) is 0 Å². The van der Waals surface area contributed by atoms with Crippen LogP contribution in [0.2, 0.25) is 0 Å². The van der Waals surface area contributed by atoms with E-state index in [1.54, 1.807) is 7.11 Å². The van der Waals surface area contributed by atoms with Crippen molar-refractivity contribution in [3.05, 3.63) is 29.5 Å². The van der Waals surface area contributed by atoms with Crippen molar-refractivity contribution in [2.24, 2.45) is 11.8 Å². The zero-order chi connectivity index (χ0) is 22.1. The topological polar surface area (TPSA) is 67.4 Å². The Balaban J connectivity index is 1.35. The summed E-state index contributed by atoms with van der Waals surface area (Å²) in [5.41, 5.74) is 1.54. The van der Waals surface area contributed by atoms with E-state index in [1.807, 2.05) is 34.9 Å². The van der Waals surface area contributed by atoms with Crippen molar-refractivity contribution in [1.29, 1.82) is 0 Å². The van der Waals surface area contributed by atoms with Crippen LogP contribution >= 0.6 is 0 Å². The van der Waals surface area contributed by atoms with Gasteiger partial charge in [-0.2, -0.15) is 0 Å². The number of nitrogens with zero attached hydrogens (tertiary/aromatic N) is 2. The summed E-state index contributed by atoms with van der Waals surface area (Å²) in [6, 6.07) is 5.58. The second kappa shape index (κ2) is 8.91. The Morgan fingerprint density at radius 1 is 1.13 bits per heavy atom. The smallest absolute Gasteiger partial charge is 0.290 e. The molecule has 7 nitrogen and oxygen atoms in total. The highest BCUT2D eigenvalue weighted by Gasteiger charge is 2.32. The average Bonchev–Trinajstić information content (AvgIpc) is 3.09. The molecule has 31 heavy (non-hydrogen) atoms. The van der Waals surface area contributed by atoms with E-state index in [9.17, 15) is 9.59 Å². The van der Waals surface area contributed by atoms with Crippen molar-refractivity contribution in [2.45, 2.75) is 27.2 Å². The summed E-state index contributed by atoms with van der Waals surface area (Å²) in [6.07, 6.45) is 1.20. The number of quaternary nitrogens is 1. The van der Waals surface area contributed by atoms with Gasteiger partial charge in [0.15, 0.2) is 12.3 Å². The van der Waals surface area contributed by atoms with E-state index in [4.69, 9.17) is 9.15 Å². The van der Waals surface area contributed by atoms with Gasteiger partial charge in [-0.1, -0.05) is 13.8 Å². The summed E-state index contributed by atoms with van der Waals surface area (Å²) in [5, 5.41) is 0.905. The molecule has 2 aromatic rings. The normalized spacial score (nSPS) is 22.7. The Morgan fingerprint density at radius 2 is 1.81 bits per heavy atom. The molecule has 0 unspecified atom stereocenters. The van der Waals surface area contributed by atoms with Crippen LogP contribution in [0.1, 0.15) is 36.4 Å². The molecule has 7 heteroatoms. The van der Waals surface area contributed by atoms with Crippen LogP contribution in [0.3, 0.4) is 0 Å². The van der Waals surface area contributed by atoms with Crippen molar-refractivity contribution in [3.8, 4) is 5.75 Å². The van der Waals surface area contributed by atoms with E-state index in [2.05, 4.69) is 13.8 Å². The second-order valence-electron chi connectivity index (χ2n) is 9.38. The maximum Gasteiger partial charge on any atom is 0.290 e. The van der Waals surface area contributed by atoms with Crippen molar-refractivity contribution in [2.75, 3.05) is 52.9 Å². The molecule has 0 saturated carbocycles. The predicted octanol–water partition coefficient (Wildman–Crippen LogP) is 1.60. The zero-order valence-corrected chi connectivity index (χ0v) is 19.1. The summed E-state index contributed by atoms with van der Waals surface area (Å²) in [6.45, 7) is 11.5. The molecular weight excluding hydrogens is 394 g/mol. The molecule has 0 aliphatic carbocycles. The first-order valence-electron chi connectivity index (χ1n) is 11.3. The number of piperazine rings is 1. The van der Waals surface area contributed by atoms with Crippen LogP contribution in [-0.4, -0.2) is 74.5 Å². The number of hydrogen-bond acceptors (Lipinski definition) is 4. The Kier molecular flexibility index (Phi) is 6.23. The summed E-state index contributed by atoms with van der Waals surface area (Å²) in [7, 11) is 1.63. The van der Waals surface area contributed by atoms with Crippen LogP contribution < -0.4 is 9.64 Å². The van der Waals surface area contributed by atoms with E-state index >= 15 is 0 Å². The van der Waals surface area contributed by atoms with E-state index in [0.717, 1.165) is 42.9 Å². The molecule has 1 aromatic heterocycles. The first kappa shape index (κ1) is 21.7. The molecule has 1 aromatic carbocycles. The number of carbonyl (C=O) groups is 2. The van der Waals surface area contributed by atoms with Gasteiger partial charge in [0.2, 0.25) is 0 Å². The van der Waals surface area contributed by atoms with Crippen LogP contribution in [-0.2, 0) is 4.79 Å². The summed E-state index contributed by atoms with van der Waals surface area (Å²) in [4.78, 5) is 31.0. The quantitative estimate of drug-likeness (QED) is 0.803. The van der Waals surface area contributed by atoms with Crippen LogP contribution in [0, 0.1) is 18.8 Å². The molecule has 2 fully saturated rings. The molecule has 1 N–H and O–H groups in total. The number of likely N-dealkylation sites (tertiary alicyclic amines) is 1. The number of carbonyl (C=O) groups excluding carboxylic acids is 2. The number of aryl methyl sites for hydroxylation is 1. The minimum atomic E-state index is -0.0725. The van der Waals surface area contributed by atoms with Gasteiger partial charge in [0.1, 0.15) is 11.3 Å². The molecule has 2 aliphatic rings. The Hall–Kier alpha value is -2.54. The summed E-state index contributed by atoms with van der Waals surface area (Å²) >= 11 is 0. The number of methoxy groups -OCH3 is 1. The summed E-state index contributed by atoms with van der Waals surface area (Å²) in [5.74, 6) is 2.47. The first-order chi connectivity index (χ1) is 14.9. The number of rotatable bonds is 4. The molecule has 0 spiro atoms. The standard InChI is InChI=1S/C24H33N3O4/c1-16-11-17(2)14-27(13-16)22(28)15-25-7-9-26(10-8-25)24(29)23-18(3)20-12-19(30-4)5-6-21(20)31-23/h5-6,12,16-17H,7-11,13-15H2,1-4H3/p+1/t16-,17-/m0/s1. The van der Waals surface area contributed by atoms with Crippen LogP contribution in [0.25, 0.3) is 11.0 Å². The molecule has 4 rings (SSSR count). The SMILES string of the molecule is COc1ccc2oc(C(=O)N3CC[NH+](CC(=O)N4C[C@@H](C)C[C@H](C)C4)CC3)c(C)c2c1. The number of fused-ring (bicyclic) bond motifs is 1. The van der Waals surface area contributed by atoms with Crippen molar-refractivity contribution in [3.63, 3.8) is 0 Å². The van der Waals surface area contributed by atoms with Gasteiger partial charge in [-0.05, 0) is 43.4 Å². The van der Waals surface area contributed by atoms with Crippen molar-refractivity contribution >= 4 is 22.8 Å². The first-order valence-corrected chi connectivity index (χ1v) is 11.3. The van der Waals surface area contributed by atoms with Crippen LogP contribution in [0.5, 0.6) is 5.75 Å². The third-order valence-electron chi connectivity index (χ3n) is 6.72. The minimum Gasteiger partial charge on any atom is -0.497 e. The van der Waals surface area contributed by atoms with Gasteiger partial charge in [-0.25, -0.2) is 0 Å². The molecule has 2 aliphatic heterocycles. The van der Waals surface area contributed by atoms with E-state index < -0.39 is 0 Å².